The Morgan fingerprint density at radius 1 is 1.19 bits per heavy atom. The lowest BCUT2D eigenvalue weighted by atomic mass is 10.2. The Hall–Kier alpha value is -1.62. The highest BCUT2D eigenvalue weighted by molar-refractivity contribution is 9.10. The number of hydrogen-bond acceptors (Lipinski definition) is 3. The van der Waals surface area contributed by atoms with Crippen molar-refractivity contribution < 1.29 is 4.39 Å². The fourth-order valence-electron chi connectivity index (χ4n) is 2.09. The molecule has 0 fully saturated rings. The van der Waals surface area contributed by atoms with Gasteiger partial charge in [0, 0.05) is 29.7 Å². The maximum absolute atomic E-state index is 13.7. The standard InChI is InChI=1S/C16H19BrFN3/c1-3-21(4-2)16-8-7-14(11-20-16)19-10-12-5-6-13(17)9-15(12)18/h5-9,11,19H,3-4,10H2,1-2H3. The van der Waals surface area contributed by atoms with Crippen LogP contribution in [-0.4, -0.2) is 18.1 Å². The Morgan fingerprint density at radius 2 is 1.95 bits per heavy atom. The molecule has 112 valence electrons. The summed E-state index contributed by atoms with van der Waals surface area (Å²) in [7, 11) is 0. The lowest BCUT2D eigenvalue weighted by molar-refractivity contribution is 0.612. The average Bonchev–Trinajstić information content (AvgIpc) is 2.49. The van der Waals surface area contributed by atoms with Gasteiger partial charge in [0.2, 0.25) is 0 Å². The van der Waals surface area contributed by atoms with Gasteiger partial charge in [-0.3, -0.25) is 0 Å². The van der Waals surface area contributed by atoms with Crippen molar-refractivity contribution in [3.05, 3.63) is 52.4 Å². The van der Waals surface area contributed by atoms with Gasteiger partial charge in [0.1, 0.15) is 11.6 Å². The Labute approximate surface area is 133 Å². The molecule has 3 nitrogen and oxygen atoms in total. The highest BCUT2D eigenvalue weighted by Crippen LogP contribution is 2.18. The Bertz CT molecular complexity index is 583. The van der Waals surface area contributed by atoms with Crippen LogP contribution in [0.4, 0.5) is 15.9 Å². The van der Waals surface area contributed by atoms with Crippen LogP contribution in [0.25, 0.3) is 0 Å². The summed E-state index contributed by atoms with van der Waals surface area (Å²) in [5.74, 6) is 0.741. The number of rotatable bonds is 6. The van der Waals surface area contributed by atoms with Crippen molar-refractivity contribution in [1.82, 2.24) is 4.98 Å². The molecule has 1 heterocycles. The number of nitrogens with one attached hydrogen (secondary N) is 1. The number of benzene rings is 1. The quantitative estimate of drug-likeness (QED) is 0.833. The zero-order chi connectivity index (χ0) is 15.2. The second-order valence-corrected chi connectivity index (χ2v) is 5.58. The monoisotopic (exact) mass is 351 g/mol. The molecule has 0 bridgehead atoms. The topological polar surface area (TPSA) is 28.2 Å². The molecular weight excluding hydrogens is 333 g/mol. The highest BCUT2D eigenvalue weighted by atomic mass is 79.9. The Balaban J connectivity index is 2.00. The minimum Gasteiger partial charge on any atom is -0.380 e. The van der Waals surface area contributed by atoms with E-state index in [9.17, 15) is 4.39 Å². The maximum Gasteiger partial charge on any atom is 0.129 e. The summed E-state index contributed by atoms with van der Waals surface area (Å²) in [6.45, 7) is 6.51. The normalized spacial score (nSPS) is 10.5. The van der Waals surface area contributed by atoms with E-state index < -0.39 is 0 Å². The SMILES string of the molecule is CCN(CC)c1ccc(NCc2ccc(Br)cc2F)cn1. The first-order chi connectivity index (χ1) is 10.1. The van der Waals surface area contributed by atoms with Gasteiger partial charge in [-0.25, -0.2) is 9.37 Å². The van der Waals surface area contributed by atoms with Crippen LogP contribution >= 0.6 is 15.9 Å². The van der Waals surface area contributed by atoms with Gasteiger partial charge in [0.15, 0.2) is 0 Å². The molecular formula is C16H19BrFN3. The molecule has 0 radical (unpaired) electrons. The lowest BCUT2D eigenvalue weighted by Crippen LogP contribution is -2.22. The summed E-state index contributed by atoms with van der Waals surface area (Å²) in [4.78, 5) is 6.61. The van der Waals surface area contributed by atoms with Gasteiger partial charge in [-0.1, -0.05) is 22.0 Å². The Kier molecular flexibility index (Phi) is 5.56. The third kappa shape index (κ3) is 4.17. The molecule has 0 spiro atoms. The molecule has 1 N–H and O–H groups in total. The molecule has 0 unspecified atom stereocenters. The summed E-state index contributed by atoms with van der Waals surface area (Å²) in [6.07, 6.45) is 1.78. The van der Waals surface area contributed by atoms with Crippen molar-refractivity contribution in [2.45, 2.75) is 20.4 Å². The zero-order valence-corrected chi connectivity index (χ0v) is 13.8. The van der Waals surface area contributed by atoms with E-state index in [4.69, 9.17) is 0 Å². The van der Waals surface area contributed by atoms with Crippen LogP contribution in [-0.2, 0) is 6.54 Å². The number of anilines is 2. The minimum absolute atomic E-state index is 0.218. The van der Waals surface area contributed by atoms with Crippen molar-refractivity contribution in [3.63, 3.8) is 0 Å². The van der Waals surface area contributed by atoms with Crippen LogP contribution in [0.5, 0.6) is 0 Å². The third-order valence-electron chi connectivity index (χ3n) is 3.33. The second-order valence-electron chi connectivity index (χ2n) is 4.67. The van der Waals surface area contributed by atoms with Gasteiger partial charge in [-0.15, -0.1) is 0 Å². The van der Waals surface area contributed by atoms with Crippen LogP contribution in [0.15, 0.2) is 41.0 Å². The summed E-state index contributed by atoms with van der Waals surface area (Å²) in [5, 5.41) is 3.19. The van der Waals surface area contributed by atoms with Gasteiger partial charge in [0.05, 0.1) is 11.9 Å². The molecule has 0 aliphatic carbocycles. The van der Waals surface area contributed by atoms with Gasteiger partial charge in [-0.2, -0.15) is 0 Å². The van der Waals surface area contributed by atoms with Crippen molar-refractivity contribution in [1.29, 1.82) is 0 Å². The maximum atomic E-state index is 13.7. The summed E-state index contributed by atoms with van der Waals surface area (Å²) < 4.78 is 14.5. The molecule has 2 rings (SSSR count). The molecule has 5 heteroatoms. The van der Waals surface area contributed by atoms with Gasteiger partial charge >= 0.3 is 0 Å². The number of pyridine rings is 1. The van der Waals surface area contributed by atoms with E-state index in [1.165, 1.54) is 6.07 Å². The van der Waals surface area contributed by atoms with Gasteiger partial charge in [0.25, 0.3) is 0 Å². The van der Waals surface area contributed by atoms with Crippen LogP contribution in [0.2, 0.25) is 0 Å². The molecule has 2 aromatic rings. The van der Waals surface area contributed by atoms with E-state index in [1.807, 2.05) is 18.2 Å². The lowest BCUT2D eigenvalue weighted by Gasteiger charge is -2.19. The molecule has 0 aliphatic heterocycles. The van der Waals surface area contributed by atoms with Crippen LogP contribution in [0.3, 0.4) is 0 Å². The molecule has 0 amide bonds. The van der Waals surface area contributed by atoms with Crippen molar-refractivity contribution in [2.24, 2.45) is 0 Å². The first kappa shape index (κ1) is 15.8. The highest BCUT2D eigenvalue weighted by Gasteiger charge is 2.05. The van der Waals surface area contributed by atoms with Gasteiger partial charge < -0.3 is 10.2 Å². The second kappa shape index (κ2) is 7.41. The summed E-state index contributed by atoms with van der Waals surface area (Å²) in [6, 6.07) is 9.02. The number of halogens is 2. The minimum atomic E-state index is -0.218. The van der Waals surface area contributed by atoms with Crippen LogP contribution in [0, 0.1) is 5.82 Å². The molecule has 1 aromatic heterocycles. The smallest absolute Gasteiger partial charge is 0.129 e. The molecule has 1 aromatic carbocycles. The van der Waals surface area contributed by atoms with E-state index >= 15 is 0 Å². The molecule has 0 saturated carbocycles. The fourth-order valence-corrected chi connectivity index (χ4v) is 2.42. The average molecular weight is 352 g/mol. The van der Waals surface area contributed by atoms with E-state index in [2.05, 4.69) is 45.0 Å². The largest absolute Gasteiger partial charge is 0.380 e. The van der Waals surface area contributed by atoms with E-state index in [0.29, 0.717) is 12.1 Å². The zero-order valence-electron chi connectivity index (χ0n) is 12.2. The van der Waals surface area contributed by atoms with Crippen molar-refractivity contribution >= 4 is 27.4 Å². The first-order valence-corrected chi connectivity index (χ1v) is 7.82. The number of hydrogen-bond donors (Lipinski definition) is 1. The Morgan fingerprint density at radius 3 is 2.52 bits per heavy atom. The fraction of sp³-hybridized carbons (Fsp3) is 0.312. The third-order valence-corrected chi connectivity index (χ3v) is 3.83. The van der Waals surface area contributed by atoms with E-state index in [-0.39, 0.29) is 5.82 Å². The molecule has 0 saturated heterocycles. The predicted molar refractivity (Wildman–Crippen MR) is 89.2 cm³/mol. The predicted octanol–water partition coefficient (Wildman–Crippen LogP) is 4.44. The van der Waals surface area contributed by atoms with Crippen LogP contribution in [0.1, 0.15) is 19.4 Å². The molecule has 0 aliphatic rings. The summed E-state index contributed by atoms with van der Waals surface area (Å²) >= 11 is 3.25. The van der Waals surface area contributed by atoms with E-state index in [0.717, 1.165) is 29.1 Å². The number of nitrogens with zero attached hydrogens (tertiary/aromatic N) is 2. The van der Waals surface area contributed by atoms with Gasteiger partial charge in [-0.05, 0) is 38.1 Å². The van der Waals surface area contributed by atoms with Crippen LogP contribution < -0.4 is 10.2 Å². The van der Waals surface area contributed by atoms with E-state index in [1.54, 1.807) is 12.3 Å². The first-order valence-electron chi connectivity index (χ1n) is 7.02. The molecule has 21 heavy (non-hydrogen) atoms. The number of aromatic nitrogens is 1. The molecule has 0 atom stereocenters. The van der Waals surface area contributed by atoms with Crippen molar-refractivity contribution in [3.8, 4) is 0 Å². The summed E-state index contributed by atoms with van der Waals surface area (Å²) in [5.41, 5.74) is 1.51. The van der Waals surface area contributed by atoms with Crippen molar-refractivity contribution in [2.75, 3.05) is 23.3 Å².